The van der Waals surface area contributed by atoms with E-state index in [4.69, 9.17) is 5.73 Å². The number of alkyl halides is 3. The van der Waals surface area contributed by atoms with E-state index in [1.54, 1.807) is 0 Å². The first-order valence-electron chi connectivity index (χ1n) is 9.29. The molecule has 1 amide bonds. The molecule has 0 aliphatic rings. The number of benzene rings is 2. The van der Waals surface area contributed by atoms with Crippen molar-refractivity contribution < 1.29 is 33.0 Å². The third-order valence-corrected chi connectivity index (χ3v) is 4.86. The number of aliphatic carboxylic acids is 1. The number of nitrogens with two attached hydrogens (primary N) is 1. The first-order chi connectivity index (χ1) is 14.6. The first-order valence-corrected chi connectivity index (χ1v) is 9.29. The molecular weight excluding hydrogens is 415 g/mol. The highest BCUT2D eigenvalue weighted by Crippen LogP contribution is 2.36. The van der Waals surface area contributed by atoms with Gasteiger partial charge in [-0.25, -0.2) is 4.79 Å². The number of H-pyrrole nitrogens is 1. The van der Waals surface area contributed by atoms with E-state index < -0.39 is 35.7 Å². The highest BCUT2D eigenvalue weighted by molar-refractivity contribution is 5.90. The lowest BCUT2D eigenvalue weighted by atomic mass is 10.00. The van der Waals surface area contributed by atoms with Crippen molar-refractivity contribution in [3.05, 3.63) is 65.4 Å². The van der Waals surface area contributed by atoms with Crippen LogP contribution in [0.3, 0.4) is 0 Å². The van der Waals surface area contributed by atoms with E-state index in [1.807, 2.05) is 0 Å². The summed E-state index contributed by atoms with van der Waals surface area (Å²) in [6, 6.07) is 6.96. The minimum absolute atomic E-state index is 0.0126. The molecule has 3 aromatic rings. The molecule has 1 aromatic heterocycles. The van der Waals surface area contributed by atoms with Gasteiger partial charge in [-0.3, -0.25) is 4.79 Å². The predicted molar refractivity (Wildman–Crippen MR) is 106 cm³/mol. The van der Waals surface area contributed by atoms with Gasteiger partial charge in [0.05, 0.1) is 11.6 Å². The van der Waals surface area contributed by atoms with Gasteiger partial charge in [0.2, 0.25) is 5.91 Å². The highest BCUT2D eigenvalue weighted by Gasteiger charge is 2.34. The zero-order valence-electron chi connectivity index (χ0n) is 16.1. The summed E-state index contributed by atoms with van der Waals surface area (Å²) >= 11 is 0. The van der Waals surface area contributed by atoms with E-state index >= 15 is 0 Å². The lowest BCUT2D eigenvalue weighted by molar-refractivity contribution is -0.142. The maximum absolute atomic E-state index is 13.4. The van der Waals surface area contributed by atoms with Gasteiger partial charge in [-0.05, 0) is 41.8 Å². The number of carbonyl (C=O) groups is 2. The molecule has 0 saturated heterocycles. The molecule has 1 heterocycles. The van der Waals surface area contributed by atoms with Gasteiger partial charge >= 0.3 is 12.1 Å². The molecule has 3 rings (SSSR count). The molecule has 2 atom stereocenters. The number of rotatable bonds is 7. The Morgan fingerprint density at radius 1 is 1.10 bits per heavy atom. The van der Waals surface area contributed by atoms with Crippen LogP contribution in [0.1, 0.15) is 16.7 Å². The molecule has 0 unspecified atom stereocenters. The van der Waals surface area contributed by atoms with Crippen molar-refractivity contribution in [1.82, 2.24) is 10.3 Å². The molecule has 0 fully saturated rings. The fourth-order valence-corrected chi connectivity index (χ4v) is 3.33. The smallest absolute Gasteiger partial charge is 0.417 e. The van der Waals surface area contributed by atoms with Crippen LogP contribution < -0.4 is 11.1 Å². The minimum atomic E-state index is -4.58. The summed E-state index contributed by atoms with van der Waals surface area (Å²) in [6.45, 7) is 0. The van der Waals surface area contributed by atoms with E-state index in [0.29, 0.717) is 5.56 Å². The molecule has 6 N–H and O–H groups in total. The van der Waals surface area contributed by atoms with Gasteiger partial charge in [0, 0.05) is 23.5 Å². The lowest BCUT2D eigenvalue weighted by Gasteiger charge is -2.18. The number of aromatic nitrogens is 1. The number of halogens is 3. The summed E-state index contributed by atoms with van der Waals surface area (Å²) in [5.41, 5.74) is 6.07. The van der Waals surface area contributed by atoms with Crippen LogP contribution in [-0.4, -0.2) is 39.2 Å². The Balaban J connectivity index is 1.75. The number of carboxylic acid groups (broad SMARTS) is 1. The molecule has 164 valence electrons. The predicted octanol–water partition coefficient (Wildman–Crippen LogP) is 2.57. The molecule has 0 radical (unpaired) electrons. The van der Waals surface area contributed by atoms with Gasteiger partial charge in [0.15, 0.2) is 0 Å². The average Bonchev–Trinajstić information content (AvgIpc) is 3.11. The number of aromatic hydroxyl groups is 1. The number of phenolic OH excluding ortho intramolecular Hbond substituents is 1. The minimum Gasteiger partial charge on any atom is -0.508 e. The van der Waals surface area contributed by atoms with E-state index in [-0.39, 0.29) is 35.1 Å². The van der Waals surface area contributed by atoms with Gasteiger partial charge in [-0.1, -0.05) is 18.2 Å². The molecule has 0 saturated carbocycles. The van der Waals surface area contributed by atoms with Crippen LogP contribution >= 0.6 is 0 Å². The van der Waals surface area contributed by atoms with Gasteiger partial charge < -0.3 is 26.2 Å². The third-order valence-electron chi connectivity index (χ3n) is 4.86. The Bertz CT molecular complexity index is 1090. The standard InChI is InChI=1S/C21H20F3N3O4/c22-21(23,24)14-2-1-3-16-18(14)12(10-26-16)9-15(25)19(29)27-17(20(30)31)8-11-4-6-13(28)7-5-11/h1-7,10,15,17,26,28H,8-9,25H2,(H,27,29)(H,30,31)/t15-,17-/m0/s1. The topological polar surface area (TPSA) is 128 Å². The summed E-state index contributed by atoms with van der Waals surface area (Å²) in [5, 5.41) is 21.0. The third kappa shape index (κ3) is 5.15. The Morgan fingerprint density at radius 2 is 1.77 bits per heavy atom. The molecule has 31 heavy (non-hydrogen) atoms. The summed E-state index contributed by atoms with van der Waals surface area (Å²) in [5.74, 6) is -2.08. The average molecular weight is 435 g/mol. The number of nitrogens with one attached hydrogen (secondary N) is 2. The lowest BCUT2D eigenvalue weighted by Crippen LogP contribution is -2.50. The van der Waals surface area contributed by atoms with Crippen LogP contribution in [0.5, 0.6) is 5.75 Å². The van der Waals surface area contributed by atoms with Crippen molar-refractivity contribution in [2.75, 3.05) is 0 Å². The Kier molecular flexibility index (Phi) is 6.21. The van der Waals surface area contributed by atoms with Crippen LogP contribution in [-0.2, 0) is 28.6 Å². The second-order valence-corrected chi connectivity index (χ2v) is 7.12. The van der Waals surface area contributed by atoms with Gasteiger partial charge in [-0.2, -0.15) is 13.2 Å². The molecular formula is C21H20F3N3O4. The zero-order chi connectivity index (χ0) is 22.8. The number of carboxylic acids is 1. The van der Waals surface area contributed by atoms with Crippen molar-refractivity contribution in [3.63, 3.8) is 0 Å². The Labute approximate surface area is 174 Å². The second-order valence-electron chi connectivity index (χ2n) is 7.12. The molecule has 2 aromatic carbocycles. The van der Waals surface area contributed by atoms with Crippen LogP contribution in [0.15, 0.2) is 48.7 Å². The number of fused-ring (bicyclic) bond motifs is 1. The molecule has 7 nitrogen and oxygen atoms in total. The highest BCUT2D eigenvalue weighted by atomic mass is 19.4. The summed E-state index contributed by atoms with van der Waals surface area (Å²) in [4.78, 5) is 26.8. The second kappa shape index (κ2) is 8.68. The van der Waals surface area contributed by atoms with Crippen LogP contribution in [0.2, 0.25) is 0 Å². The monoisotopic (exact) mass is 435 g/mol. The number of hydrogen-bond donors (Lipinski definition) is 5. The van der Waals surface area contributed by atoms with E-state index in [9.17, 15) is 33.0 Å². The fourth-order valence-electron chi connectivity index (χ4n) is 3.33. The quantitative estimate of drug-likeness (QED) is 0.390. The van der Waals surface area contributed by atoms with Gasteiger partial charge in [-0.15, -0.1) is 0 Å². The normalized spacial score (nSPS) is 13.7. The number of carbonyl (C=O) groups excluding carboxylic acids is 1. The van der Waals surface area contributed by atoms with Crippen molar-refractivity contribution >= 4 is 22.8 Å². The SMILES string of the molecule is N[C@@H](Cc1c[nH]c2cccc(C(F)(F)F)c12)C(=O)N[C@@H](Cc1ccc(O)cc1)C(=O)O. The largest absolute Gasteiger partial charge is 0.508 e. The maximum Gasteiger partial charge on any atom is 0.417 e. The van der Waals surface area contributed by atoms with Crippen molar-refractivity contribution in [2.24, 2.45) is 5.73 Å². The molecule has 0 aliphatic heterocycles. The fraction of sp³-hybridized carbons (Fsp3) is 0.238. The molecule has 0 spiro atoms. The summed E-state index contributed by atoms with van der Waals surface area (Å²) < 4.78 is 40.1. The Hall–Kier alpha value is -3.53. The van der Waals surface area contributed by atoms with Crippen LogP contribution in [0.4, 0.5) is 13.2 Å². The van der Waals surface area contributed by atoms with E-state index in [0.717, 1.165) is 6.07 Å². The molecule has 0 aliphatic carbocycles. The Morgan fingerprint density at radius 3 is 2.39 bits per heavy atom. The molecule has 0 bridgehead atoms. The van der Waals surface area contributed by atoms with E-state index in [2.05, 4.69) is 10.3 Å². The van der Waals surface area contributed by atoms with Crippen LogP contribution in [0, 0.1) is 0 Å². The maximum atomic E-state index is 13.4. The summed E-state index contributed by atoms with van der Waals surface area (Å²) in [6.07, 6.45) is -3.50. The zero-order valence-corrected chi connectivity index (χ0v) is 16.1. The number of hydrogen-bond acceptors (Lipinski definition) is 4. The van der Waals surface area contributed by atoms with Crippen molar-refractivity contribution in [3.8, 4) is 5.75 Å². The van der Waals surface area contributed by atoms with Crippen molar-refractivity contribution in [1.29, 1.82) is 0 Å². The van der Waals surface area contributed by atoms with E-state index in [1.165, 1.54) is 42.6 Å². The van der Waals surface area contributed by atoms with Crippen LogP contribution in [0.25, 0.3) is 10.9 Å². The van der Waals surface area contributed by atoms with Gasteiger partial charge in [0.1, 0.15) is 11.8 Å². The van der Waals surface area contributed by atoms with Crippen molar-refractivity contribution in [2.45, 2.75) is 31.1 Å². The number of aromatic amines is 1. The van der Waals surface area contributed by atoms with Gasteiger partial charge in [0.25, 0.3) is 0 Å². The number of phenols is 1. The summed E-state index contributed by atoms with van der Waals surface area (Å²) in [7, 11) is 0. The molecule has 10 heteroatoms. The first kappa shape index (κ1) is 22.2. The number of amides is 1.